The van der Waals surface area contributed by atoms with E-state index >= 15 is 0 Å². The summed E-state index contributed by atoms with van der Waals surface area (Å²) in [5.41, 5.74) is 11.5. The fourth-order valence-electron chi connectivity index (χ4n) is 8.40. The topological polar surface area (TPSA) is 78.1 Å². The molecule has 0 saturated carbocycles. The summed E-state index contributed by atoms with van der Waals surface area (Å²) in [7, 11) is 0. The molecular weight excluding hydrogens is 703 g/mol. The van der Waals surface area contributed by atoms with Gasteiger partial charge in [0.15, 0.2) is 17.5 Å². The van der Waals surface area contributed by atoms with Crippen LogP contribution in [0.5, 0.6) is 0 Å². The monoisotopic (exact) mass is 731 g/mol. The summed E-state index contributed by atoms with van der Waals surface area (Å²) >= 11 is 0. The van der Waals surface area contributed by atoms with Gasteiger partial charge in [-0.05, 0) is 41.5 Å². The van der Waals surface area contributed by atoms with E-state index in [1.54, 1.807) is 0 Å². The van der Waals surface area contributed by atoms with E-state index in [9.17, 15) is 0 Å². The second-order valence-electron chi connectivity index (χ2n) is 14.2. The maximum Gasteiger partial charge on any atom is 0.167 e. The molecule has 0 aliphatic heterocycles. The number of rotatable bonds is 5. The van der Waals surface area contributed by atoms with E-state index < -0.39 is 0 Å². The molecule has 0 aliphatic carbocycles. The highest BCUT2D eigenvalue weighted by molar-refractivity contribution is 6.23. The third-order valence-corrected chi connectivity index (χ3v) is 11.0. The average Bonchev–Trinajstić information content (AvgIpc) is 3.98. The lowest BCUT2D eigenvalue weighted by Gasteiger charge is -2.10. The van der Waals surface area contributed by atoms with Crippen LogP contribution in [0.4, 0.5) is 0 Å². The van der Waals surface area contributed by atoms with Gasteiger partial charge in [0, 0.05) is 54.6 Å². The van der Waals surface area contributed by atoms with E-state index in [2.05, 4.69) is 72.8 Å². The van der Waals surface area contributed by atoms with Gasteiger partial charge in [0.2, 0.25) is 0 Å². The molecule has 0 atom stereocenters. The zero-order valence-electron chi connectivity index (χ0n) is 30.3. The van der Waals surface area contributed by atoms with Crippen LogP contribution in [-0.4, -0.2) is 15.0 Å². The Labute approximate surface area is 325 Å². The molecule has 4 heterocycles. The second-order valence-corrected chi connectivity index (χ2v) is 14.2. The Morgan fingerprint density at radius 3 is 1.47 bits per heavy atom. The minimum absolute atomic E-state index is 0.543. The normalized spacial score (nSPS) is 11.9. The highest BCUT2D eigenvalue weighted by atomic mass is 16.3. The predicted molar refractivity (Wildman–Crippen MR) is 229 cm³/mol. The number of furan rings is 3. The first-order chi connectivity index (χ1) is 28.3. The van der Waals surface area contributed by atoms with Crippen molar-refractivity contribution in [2.24, 2.45) is 0 Å². The smallest absolute Gasteiger partial charge is 0.167 e. The zero-order valence-corrected chi connectivity index (χ0v) is 30.3. The Bertz CT molecular complexity index is 3470. The Balaban J connectivity index is 1.09. The van der Waals surface area contributed by atoms with Gasteiger partial charge in [-0.25, -0.2) is 15.0 Å². The Morgan fingerprint density at radius 1 is 0.263 bits per heavy atom. The largest absolute Gasteiger partial charge is 0.455 e. The average molecular weight is 732 g/mol. The quantitative estimate of drug-likeness (QED) is 0.175. The van der Waals surface area contributed by atoms with Gasteiger partial charge in [0.1, 0.15) is 33.5 Å². The van der Waals surface area contributed by atoms with Crippen LogP contribution in [-0.2, 0) is 0 Å². The summed E-state index contributed by atoms with van der Waals surface area (Å²) in [6.07, 6.45) is 0. The first kappa shape index (κ1) is 31.5. The van der Waals surface area contributed by atoms with Crippen molar-refractivity contribution in [3.8, 4) is 56.4 Å². The van der Waals surface area contributed by atoms with E-state index in [-0.39, 0.29) is 0 Å². The van der Waals surface area contributed by atoms with Crippen LogP contribution in [0.1, 0.15) is 0 Å². The standard InChI is InChI=1S/C51H29N3O3/c1-3-14-30(15-4-1)49-52-50(31-16-5-2-6-17-31)54-51(53-49)40-24-12-23-39-44-33(20-13-27-43(44)57-47(39)40)34-28-29-37(48-45(34)38-19-8-10-26-42(38)56-48)36-22-11-21-35-32-18-7-9-25-41(32)55-46(35)36/h1-29H. The molecule has 0 aliphatic rings. The number of para-hydroxylation sites is 4. The van der Waals surface area contributed by atoms with Gasteiger partial charge in [-0.1, -0.05) is 146 Å². The van der Waals surface area contributed by atoms with Crippen molar-refractivity contribution in [3.63, 3.8) is 0 Å². The van der Waals surface area contributed by atoms with E-state index in [1.807, 2.05) is 103 Å². The summed E-state index contributed by atoms with van der Waals surface area (Å²) in [6.45, 7) is 0. The summed E-state index contributed by atoms with van der Waals surface area (Å²) in [5.74, 6) is 1.74. The van der Waals surface area contributed by atoms with Crippen LogP contribution in [0.3, 0.4) is 0 Å². The molecule has 0 N–H and O–H groups in total. The van der Waals surface area contributed by atoms with Gasteiger partial charge < -0.3 is 13.3 Å². The third-order valence-electron chi connectivity index (χ3n) is 11.0. The molecule has 0 radical (unpaired) electrons. The van der Waals surface area contributed by atoms with Crippen LogP contribution in [0.15, 0.2) is 189 Å². The van der Waals surface area contributed by atoms with Crippen LogP contribution < -0.4 is 0 Å². The summed E-state index contributed by atoms with van der Waals surface area (Å²) in [6, 6.07) is 59.6. The lowest BCUT2D eigenvalue weighted by molar-refractivity contribution is 0.665. The number of hydrogen-bond donors (Lipinski definition) is 0. The van der Waals surface area contributed by atoms with Crippen LogP contribution in [0, 0.1) is 0 Å². The molecule has 8 aromatic carbocycles. The second kappa shape index (κ2) is 12.3. The lowest BCUT2D eigenvalue weighted by atomic mass is 9.92. The first-order valence-electron chi connectivity index (χ1n) is 18.9. The fourth-order valence-corrected chi connectivity index (χ4v) is 8.40. The maximum absolute atomic E-state index is 6.81. The molecule has 57 heavy (non-hydrogen) atoms. The molecule has 0 unspecified atom stereocenters. The van der Waals surface area contributed by atoms with Gasteiger partial charge in [-0.3, -0.25) is 0 Å². The minimum atomic E-state index is 0.543. The van der Waals surface area contributed by atoms with Crippen molar-refractivity contribution in [3.05, 3.63) is 176 Å². The molecule has 6 heteroatoms. The van der Waals surface area contributed by atoms with Crippen molar-refractivity contribution in [2.45, 2.75) is 0 Å². The molecular formula is C51H29N3O3. The highest BCUT2D eigenvalue weighted by Crippen LogP contribution is 2.47. The summed E-state index contributed by atoms with van der Waals surface area (Å²) in [4.78, 5) is 15.0. The number of benzene rings is 8. The Morgan fingerprint density at radius 2 is 0.719 bits per heavy atom. The molecule has 0 bridgehead atoms. The molecule has 0 fully saturated rings. The van der Waals surface area contributed by atoms with Crippen molar-refractivity contribution >= 4 is 65.8 Å². The maximum atomic E-state index is 6.81. The van der Waals surface area contributed by atoms with E-state index in [0.717, 1.165) is 99.2 Å². The van der Waals surface area contributed by atoms with Gasteiger partial charge >= 0.3 is 0 Å². The first-order valence-corrected chi connectivity index (χ1v) is 18.9. The molecule has 4 aromatic heterocycles. The lowest BCUT2D eigenvalue weighted by Crippen LogP contribution is -2.00. The van der Waals surface area contributed by atoms with Crippen LogP contribution in [0.25, 0.3) is 122 Å². The van der Waals surface area contributed by atoms with E-state index in [4.69, 9.17) is 28.2 Å². The minimum Gasteiger partial charge on any atom is -0.455 e. The highest BCUT2D eigenvalue weighted by Gasteiger charge is 2.24. The van der Waals surface area contributed by atoms with Crippen molar-refractivity contribution in [2.75, 3.05) is 0 Å². The van der Waals surface area contributed by atoms with Crippen LogP contribution >= 0.6 is 0 Å². The summed E-state index contributed by atoms with van der Waals surface area (Å²) in [5, 5.41) is 6.22. The number of hydrogen-bond acceptors (Lipinski definition) is 6. The molecule has 6 nitrogen and oxygen atoms in total. The van der Waals surface area contributed by atoms with Gasteiger partial charge in [0.05, 0.1) is 5.56 Å². The van der Waals surface area contributed by atoms with Gasteiger partial charge in [-0.2, -0.15) is 0 Å². The predicted octanol–water partition coefficient (Wildman–Crippen LogP) is 13.9. The molecule has 0 amide bonds. The Kier molecular flexibility index (Phi) is 6.83. The van der Waals surface area contributed by atoms with Crippen molar-refractivity contribution < 1.29 is 13.3 Å². The number of aromatic nitrogens is 3. The SMILES string of the molecule is c1ccc(-c2nc(-c3ccccc3)nc(-c3cccc4c3oc3cccc(-c5ccc(-c6cccc7c6oc6ccccc67)c6oc7ccccc7c56)c34)n2)cc1. The Hall–Kier alpha value is -7.83. The zero-order chi connectivity index (χ0) is 37.5. The number of fused-ring (bicyclic) bond motifs is 9. The van der Waals surface area contributed by atoms with Gasteiger partial charge in [0.25, 0.3) is 0 Å². The number of nitrogens with zero attached hydrogens (tertiary/aromatic N) is 3. The molecule has 12 aromatic rings. The van der Waals surface area contributed by atoms with Gasteiger partial charge in [-0.15, -0.1) is 0 Å². The van der Waals surface area contributed by atoms with E-state index in [0.29, 0.717) is 23.1 Å². The van der Waals surface area contributed by atoms with Crippen LogP contribution in [0.2, 0.25) is 0 Å². The molecule has 0 saturated heterocycles. The van der Waals surface area contributed by atoms with E-state index in [1.165, 1.54) is 0 Å². The third kappa shape index (κ3) is 4.87. The fraction of sp³-hybridized carbons (Fsp3) is 0. The molecule has 0 spiro atoms. The summed E-state index contributed by atoms with van der Waals surface area (Å²) < 4.78 is 20.1. The molecule has 12 rings (SSSR count). The van der Waals surface area contributed by atoms with Crippen molar-refractivity contribution in [1.29, 1.82) is 0 Å². The van der Waals surface area contributed by atoms with Crippen molar-refractivity contribution in [1.82, 2.24) is 15.0 Å². The molecule has 266 valence electrons.